The normalized spacial score (nSPS) is 17.8. The molecule has 1 aliphatic heterocycles. The van der Waals surface area contributed by atoms with Gasteiger partial charge in [0.2, 0.25) is 12.2 Å². The highest BCUT2D eigenvalue weighted by molar-refractivity contribution is 5.97. The highest BCUT2D eigenvalue weighted by Gasteiger charge is 2.54. The number of carbonyl (C=O) groups excluding carboxylic acids is 3. The van der Waals surface area contributed by atoms with Crippen molar-refractivity contribution < 1.29 is 23.5 Å². The molecular weight excluding hydrogens is 459 g/mol. The Balaban J connectivity index is 1.48. The topological polar surface area (TPSA) is 75.7 Å². The number of esters is 1. The van der Waals surface area contributed by atoms with Gasteiger partial charge in [-0.05, 0) is 29.2 Å². The van der Waals surface area contributed by atoms with Crippen LogP contribution in [0.4, 0.5) is 4.39 Å². The summed E-state index contributed by atoms with van der Waals surface area (Å²) in [6.45, 7) is 5.33. The van der Waals surface area contributed by atoms with Crippen LogP contribution >= 0.6 is 0 Å². The van der Waals surface area contributed by atoms with Crippen LogP contribution in [0.15, 0.2) is 103 Å². The van der Waals surface area contributed by atoms with Gasteiger partial charge in [-0.2, -0.15) is 0 Å². The second-order valence-electron chi connectivity index (χ2n) is 8.71. The van der Waals surface area contributed by atoms with Crippen molar-refractivity contribution in [1.29, 1.82) is 0 Å². The number of ether oxygens (including phenoxy) is 1. The van der Waals surface area contributed by atoms with Crippen LogP contribution < -0.4 is 5.32 Å². The number of nitrogens with one attached hydrogen (secondary N) is 1. The third-order valence-electron chi connectivity index (χ3n) is 5.99. The summed E-state index contributed by atoms with van der Waals surface area (Å²) in [5.41, 5.74) is 2.46. The molecule has 0 saturated carbocycles. The maximum atomic E-state index is 15.2. The van der Waals surface area contributed by atoms with E-state index in [1.807, 2.05) is 66.7 Å². The number of likely N-dealkylation sites (tertiary alicyclic amines) is 1. The van der Waals surface area contributed by atoms with Gasteiger partial charge in [-0.15, -0.1) is 0 Å². The van der Waals surface area contributed by atoms with Crippen LogP contribution in [0.2, 0.25) is 0 Å². The van der Waals surface area contributed by atoms with E-state index in [9.17, 15) is 14.4 Å². The molecule has 36 heavy (non-hydrogen) atoms. The fourth-order valence-electron chi connectivity index (χ4n) is 4.20. The molecule has 1 heterocycles. The molecule has 184 valence electrons. The van der Waals surface area contributed by atoms with Crippen LogP contribution in [0.3, 0.4) is 0 Å². The summed E-state index contributed by atoms with van der Waals surface area (Å²) >= 11 is 0. The van der Waals surface area contributed by atoms with Gasteiger partial charge in [-0.25, -0.2) is 9.18 Å². The largest absolute Gasteiger partial charge is 0.451 e. The van der Waals surface area contributed by atoms with Gasteiger partial charge in [0.15, 0.2) is 18.2 Å². The minimum atomic E-state index is -1.89. The Hall–Kier alpha value is -4.26. The summed E-state index contributed by atoms with van der Waals surface area (Å²) in [5, 5.41) is 2.43. The predicted octanol–water partition coefficient (Wildman–Crippen LogP) is 4.13. The van der Waals surface area contributed by atoms with Crippen molar-refractivity contribution in [3.05, 3.63) is 120 Å². The van der Waals surface area contributed by atoms with E-state index in [4.69, 9.17) is 4.74 Å². The Morgan fingerprint density at radius 1 is 0.944 bits per heavy atom. The predicted molar refractivity (Wildman–Crippen MR) is 133 cm³/mol. The van der Waals surface area contributed by atoms with Crippen LogP contribution in [0.1, 0.15) is 29.7 Å². The zero-order valence-corrected chi connectivity index (χ0v) is 19.8. The number of halogens is 1. The molecular formula is C29H27FN2O4. The SMILES string of the molecule is C=C(C)C(C(=O)OC(c1ccccc1)c1ccccc1)N1C(=O)C(NC(=O)Cc2ccccc2)C1F. The Labute approximate surface area is 209 Å². The van der Waals surface area contributed by atoms with Crippen LogP contribution in [-0.4, -0.2) is 41.1 Å². The zero-order valence-electron chi connectivity index (χ0n) is 19.8. The lowest BCUT2D eigenvalue weighted by atomic mass is 9.97. The molecule has 0 bridgehead atoms. The molecule has 3 aromatic carbocycles. The molecule has 3 aromatic rings. The van der Waals surface area contributed by atoms with Gasteiger partial charge in [-0.1, -0.05) is 97.6 Å². The molecule has 7 heteroatoms. The van der Waals surface area contributed by atoms with E-state index in [-0.39, 0.29) is 12.0 Å². The molecule has 3 atom stereocenters. The zero-order chi connectivity index (χ0) is 25.7. The number of benzene rings is 3. The maximum absolute atomic E-state index is 15.2. The van der Waals surface area contributed by atoms with E-state index in [1.54, 1.807) is 24.3 Å². The maximum Gasteiger partial charge on any atom is 0.334 e. The smallest absolute Gasteiger partial charge is 0.334 e. The first-order chi connectivity index (χ1) is 17.4. The molecule has 1 fully saturated rings. The number of rotatable bonds is 9. The van der Waals surface area contributed by atoms with E-state index >= 15 is 4.39 Å². The summed E-state index contributed by atoms with van der Waals surface area (Å²) in [4.78, 5) is 39.3. The second kappa shape index (κ2) is 11.0. The Morgan fingerprint density at radius 3 is 1.92 bits per heavy atom. The van der Waals surface area contributed by atoms with E-state index in [0.717, 1.165) is 21.6 Å². The fraction of sp³-hybridized carbons (Fsp3) is 0.207. The first-order valence-corrected chi connectivity index (χ1v) is 11.6. The van der Waals surface area contributed by atoms with E-state index < -0.39 is 42.3 Å². The van der Waals surface area contributed by atoms with Gasteiger partial charge in [0, 0.05) is 0 Å². The second-order valence-corrected chi connectivity index (χ2v) is 8.71. The van der Waals surface area contributed by atoms with Crippen molar-refractivity contribution in [2.45, 2.75) is 37.8 Å². The molecule has 1 saturated heterocycles. The lowest BCUT2D eigenvalue weighted by Crippen LogP contribution is -2.72. The number of nitrogens with zero attached hydrogens (tertiary/aromatic N) is 1. The monoisotopic (exact) mass is 486 g/mol. The number of hydrogen-bond acceptors (Lipinski definition) is 4. The third-order valence-corrected chi connectivity index (χ3v) is 5.99. The van der Waals surface area contributed by atoms with Crippen molar-refractivity contribution >= 4 is 17.8 Å². The summed E-state index contributed by atoms with van der Waals surface area (Å²) in [6.07, 6.45) is -2.63. The van der Waals surface area contributed by atoms with Crippen LogP contribution in [-0.2, 0) is 25.5 Å². The molecule has 0 aromatic heterocycles. The first-order valence-electron chi connectivity index (χ1n) is 11.6. The quantitative estimate of drug-likeness (QED) is 0.214. The molecule has 0 aliphatic carbocycles. The van der Waals surface area contributed by atoms with Crippen molar-refractivity contribution in [3.8, 4) is 0 Å². The van der Waals surface area contributed by atoms with Crippen LogP contribution in [0, 0.1) is 0 Å². The van der Waals surface area contributed by atoms with Crippen molar-refractivity contribution in [2.24, 2.45) is 0 Å². The standard InChI is InChI=1S/C29H27FN2O4/c1-19(2)25(29(35)36-26(21-14-8-4-9-15-21)22-16-10-5-11-17-22)32-27(30)24(28(32)34)31-23(33)18-20-12-6-3-7-13-20/h3-17,24-27H,1,18H2,2H3,(H,31,33). The van der Waals surface area contributed by atoms with Gasteiger partial charge >= 0.3 is 5.97 Å². The fourth-order valence-corrected chi connectivity index (χ4v) is 4.20. The van der Waals surface area contributed by atoms with Crippen LogP contribution in [0.25, 0.3) is 0 Å². The Kier molecular flexibility index (Phi) is 7.59. The van der Waals surface area contributed by atoms with Gasteiger partial charge in [0.05, 0.1) is 6.42 Å². The summed E-state index contributed by atoms with van der Waals surface area (Å²) in [6, 6.07) is 24.6. The van der Waals surface area contributed by atoms with E-state index in [0.29, 0.717) is 0 Å². The number of carbonyl (C=O) groups is 3. The van der Waals surface area contributed by atoms with Gasteiger partial charge in [0.1, 0.15) is 0 Å². The summed E-state index contributed by atoms with van der Waals surface area (Å²) in [7, 11) is 0. The molecule has 0 radical (unpaired) electrons. The minimum Gasteiger partial charge on any atom is -0.451 e. The molecule has 1 aliphatic rings. The first kappa shape index (κ1) is 24.9. The molecule has 0 spiro atoms. The minimum absolute atomic E-state index is 0.0130. The number of amides is 2. The lowest BCUT2D eigenvalue weighted by Gasteiger charge is -2.45. The summed E-state index contributed by atoms with van der Waals surface area (Å²) in [5.74, 6) is -1.99. The lowest BCUT2D eigenvalue weighted by molar-refractivity contribution is -0.178. The third kappa shape index (κ3) is 5.35. The van der Waals surface area contributed by atoms with E-state index in [2.05, 4.69) is 11.9 Å². The molecule has 1 N–H and O–H groups in total. The molecule has 2 amide bonds. The number of alkyl halides is 1. The highest BCUT2D eigenvalue weighted by atomic mass is 19.1. The number of hydrogen-bond donors (Lipinski definition) is 1. The Bertz CT molecular complexity index is 1190. The van der Waals surface area contributed by atoms with E-state index in [1.165, 1.54) is 6.92 Å². The summed E-state index contributed by atoms with van der Waals surface area (Å²) < 4.78 is 21.0. The van der Waals surface area contributed by atoms with Crippen LogP contribution in [0.5, 0.6) is 0 Å². The van der Waals surface area contributed by atoms with Crippen molar-refractivity contribution in [1.82, 2.24) is 10.2 Å². The molecule has 6 nitrogen and oxygen atoms in total. The highest BCUT2D eigenvalue weighted by Crippen LogP contribution is 2.31. The van der Waals surface area contributed by atoms with Gasteiger partial charge in [-0.3, -0.25) is 14.5 Å². The molecule has 4 rings (SSSR count). The van der Waals surface area contributed by atoms with Crippen molar-refractivity contribution in [3.63, 3.8) is 0 Å². The average molecular weight is 487 g/mol. The van der Waals surface area contributed by atoms with Gasteiger partial charge in [0.25, 0.3) is 5.91 Å². The number of β-lactam (4-membered cyclic amide) rings is 1. The van der Waals surface area contributed by atoms with Crippen molar-refractivity contribution in [2.75, 3.05) is 0 Å². The Morgan fingerprint density at radius 2 is 1.44 bits per heavy atom. The average Bonchev–Trinajstić information content (AvgIpc) is 2.90. The van der Waals surface area contributed by atoms with Gasteiger partial charge < -0.3 is 10.1 Å². The molecule has 3 unspecified atom stereocenters.